The number of carboxylic acid groups (broad SMARTS) is 1. The molecule has 5 rings (SSSR count). The van der Waals surface area contributed by atoms with E-state index in [0.29, 0.717) is 30.1 Å². The summed E-state index contributed by atoms with van der Waals surface area (Å²) in [5.74, 6) is 3.05. The summed E-state index contributed by atoms with van der Waals surface area (Å²) in [7, 11) is 0. The van der Waals surface area contributed by atoms with Gasteiger partial charge >= 0.3 is 5.97 Å². The molecule has 1 aliphatic carbocycles. The Balaban J connectivity index is 1.32. The SMILES string of the molecule is CCC(C)c1nc(CC2CCC(CC(=O)O)CC2)n(Cc2ccc(-c3ccccc3-c3nnn[nH]3)cc2)n1. The van der Waals surface area contributed by atoms with E-state index in [9.17, 15) is 4.79 Å². The van der Waals surface area contributed by atoms with Crippen LogP contribution in [-0.4, -0.2) is 46.5 Å². The van der Waals surface area contributed by atoms with Gasteiger partial charge in [0.1, 0.15) is 5.82 Å². The zero-order valence-electron chi connectivity index (χ0n) is 22.0. The zero-order valence-corrected chi connectivity index (χ0v) is 22.0. The number of benzene rings is 2. The summed E-state index contributed by atoms with van der Waals surface area (Å²) in [6, 6.07) is 16.7. The molecule has 38 heavy (non-hydrogen) atoms. The lowest BCUT2D eigenvalue weighted by Crippen LogP contribution is -2.20. The Labute approximate surface area is 222 Å². The van der Waals surface area contributed by atoms with E-state index >= 15 is 0 Å². The predicted octanol–water partition coefficient (Wildman–Crippen LogP) is 5.51. The van der Waals surface area contributed by atoms with Crippen LogP contribution in [0, 0.1) is 11.8 Å². The minimum Gasteiger partial charge on any atom is -0.481 e. The maximum Gasteiger partial charge on any atom is 0.303 e. The van der Waals surface area contributed by atoms with Crippen LogP contribution in [0.1, 0.15) is 75.5 Å². The van der Waals surface area contributed by atoms with Gasteiger partial charge in [0, 0.05) is 24.3 Å². The number of nitrogens with one attached hydrogen (secondary N) is 1. The number of carbonyl (C=O) groups is 1. The van der Waals surface area contributed by atoms with Gasteiger partial charge in [0.05, 0.1) is 6.54 Å². The molecular weight excluding hydrogens is 478 g/mol. The van der Waals surface area contributed by atoms with Gasteiger partial charge in [-0.05, 0) is 71.1 Å². The van der Waals surface area contributed by atoms with Gasteiger partial charge in [-0.3, -0.25) is 4.79 Å². The molecule has 4 aromatic rings. The standard InChI is InChI=1S/C29H35N7O2/c1-3-19(2)28-30-26(16-20-8-10-21(11-9-20)17-27(37)38)36(33-28)18-22-12-14-23(15-13-22)24-6-4-5-7-25(24)29-31-34-35-32-29/h4-7,12-15,19-21H,3,8-11,16-18H2,1-2H3,(H,37,38)(H,31,32,34,35). The lowest BCUT2D eigenvalue weighted by molar-refractivity contribution is -0.138. The first-order chi connectivity index (χ1) is 18.5. The number of aliphatic carboxylic acids is 1. The number of H-pyrrole nitrogens is 1. The highest BCUT2D eigenvalue weighted by Gasteiger charge is 2.25. The fourth-order valence-corrected chi connectivity index (χ4v) is 5.38. The molecular formula is C29H35N7O2. The van der Waals surface area contributed by atoms with E-state index in [-0.39, 0.29) is 6.42 Å². The molecule has 1 unspecified atom stereocenters. The van der Waals surface area contributed by atoms with Crippen LogP contribution >= 0.6 is 0 Å². The molecule has 1 atom stereocenters. The molecule has 2 heterocycles. The molecule has 0 bridgehead atoms. The van der Waals surface area contributed by atoms with Crippen molar-refractivity contribution in [1.29, 1.82) is 0 Å². The Morgan fingerprint density at radius 2 is 1.76 bits per heavy atom. The smallest absolute Gasteiger partial charge is 0.303 e. The number of hydrogen-bond acceptors (Lipinski definition) is 6. The van der Waals surface area contributed by atoms with Crippen molar-refractivity contribution >= 4 is 5.97 Å². The van der Waals surface area contributed by atoms with Gasteiger partial charge in [-0.1, -0.05) is 62.4 Å². The van der Waals surface area contributed by atoms with Gasteiger partial charge in [-0.15, -0.1) is 5.10 Å². The summed E-state index contributed by atoms with van der Waals surface area (Å²) in [5.41, 5.74) is 4.29. The summed E-state index contributed by atoms with van der Waals surface area (Å²) in [6.45, 7) is 5.01. The van der Waals surface area contributed by atoms with Crippen molar-refractivity contribution in [3.05, 3.63) is 65.7 Å². The second-order valence-corrected chi connectivity index (χ2v) is 10.5. The van der Waals surface area contributed by atoms with Crippen LogP contribution in [-0.2, 0) is 17.8 Å². The Morgan fingerprint density at radius 3 is 2.42 bits per heavy atom. The van der Waals surface area contributed by atoms with Crippen molar-refractivity contribution in [3.63, 3.8) is 0 Å². The third-order valence-electron chi connectivity index (χ3n) is 7.84. The Hall–Kier alpha value is -3.88. The lowest BCUT2D eigenvalue weighted by Gasteiger charge is -2.27. The van der Waals surface area contributed by atoms with Gasteiger partial charge < -0.3 is 5.11 Å². The summed E-state index contributed by atoms with van der Waals surface area (Å²) < 4.78 is 2.08. The van der Waals surface area contributed by atoms with Gasteiger partial charge in [-0.25, -0.2) is 14.8 Å². The van der Waals surface area contributed by atoms with E-state index in [0.717, 1.165) is 66.9 Å². The first-order valence-corrected chi connectivity index (χ1v) is 13.6. The second kappa shape index (κ2) is 11.7. The van der Waals surface area contributed by atoms with E-state index in [1.807, 2.05) is 18.2 Å². The Morgan fingerprint density at radius 1 is 1.05 bits per heavy atom. The lowest BCUT2D eigenvalue weighted by atomic mass is 9.79. The number of rotatable bonds is 10. The molecule has 198 valence electrons. The molecule has 1 fully saturated rings. The van der Waals surface area contributed by atoms with Crippen LogP contribution in [0.2, 0.25) is 0 Å². The van der Waals surface area contributed by atoms with Crippen molar-refractivity contribution in [1.82, 2.24) is 35.4 Å². The molecule has 1 saturated carbocycles. The van der Waals surface area contributed by atoms with E-state index in [2.05, 4.69) is 69.5 Å². The van der Waals surface area contributed by atoms with Crippen LogP contribution in [0.4, 0.5) is 0 Å². The fraction of sp³-hybridized carbons (Fsp3) is 0.448. The van der Waals surface area contributed by atoms with Crippen LogP contribution in [0.25, 0.3) is 22.5 Å². The molecule has 0 saturated heterocycles. The number of aromatic nitrogens is 7. The van der Waals surface area contributed by atoms with E-state index < -0.39 is 5.97 Å². The van der Waals surface area contributed by atoms with E-state index in [4.69, 9.17) is 15.2 Å². The molecule has 2 aromatic heterocycles. The molecule has 0 amide bonds. The van der Waals surface area contributed by atoms with Crippen molar-refractivity contribution in [2.45, 2.75) is 71.3 Å². The van der Waals surface area contributed by atoms with Crippen LogP contribution in [0.3, 0.4) is 0 Å². The largest absolute Gasteiger partial charge is 0.481 e. The second-order valence-electron chi connectivity index (χ2n) is 10.5. The minimum atomic E-state index is -0.684. The normalized spacial score (nSPS) is 18.4. The number of nitrogens with zero attached hydrogens (tertiary/aromatic N) is 6. The highest BCUT2D eigenvalue weighted by molar-refractivity contribution is 5.80. The molecule has 2 aromatic carbocycles. The summed E-state index contributed by atoms with van der Waals surface area (Å²) in [5, 5.41) is 28.4. The number of hydrogen-bond donors (Lipinski definition) is 2. The summed E-state index contributed by atoms with van der Waals surface area (Å²) in [6.07, 6.45) is 6.25. The van der Waals surface area contributed by atoms with Gasteiger partial charge in [0.2, 0.25) is 0 Å². The Bertz CT molecular complexity index is 1340. The maximum absolute atomic E-state index is 11.1. The molecule has 1 aliphatic rings. The summed E-state index contributed by atoms with van der Waals surface area (Å²) in [4.78, 5) is 16.1. The minimum absolute atomic E-state index is 0.289. The van der Waals surface area contributed by atoms with Crippen molar-refractivity contribution in [2.24, 2.45) is 11.8 Å². The number of carboxylic acids is 1. The maximum atomic E-state index is 11.1. The first-order valence-electron chi connectivity index (χ1n) is 13.6. The third kappa shape index (κ3) is 5.98. The van der Waals surface area contributed by atoms with Gasteiger partial charge in [0.15, 0.2) is 11.6 Å². The average Bonchev–Trinajstić information content (AvgIpc) is 3.60. The number of aromatic amines is 1. The number of tetrazole rings is 1. The van der Waals surface area contributed by atoms with E-state index in [1.165, 1.54) is 5.56 Å². The predicted molar refractivity (Wildman–Crippen MR) is 144 cm³/mol. The molecule has 2 N–H and O–H groups in total. The van der Waals surface area contributed by atoms with Gasteiger partial charge in [0.25, 0.3) is 0 Å². The summed E-state index contributed by atoms with van der Waals surface area (Å²) >= 11 is 0. The molecule has 9 nitrogen and oxygen atoms in total. The first kappa shape index (κ1) is 25.8. The van der Waals surface area contributed by atoms with Crippen LogP contribution in [0.15, 0.2) is 48.5 Å². The highest BCUT2D eigenvalue weighted by Crippen LogP contribution is 2.33. The molecule has 0 radical (unpaired) electrons. The topological polar surface area (TPSA) is 122 Å². The molecule has 0 spiro atoms. The van der Waals surface area contributed by atoms with Crippen LogP contribution < -0.4 is 0 Å². The third-order valence-corrected chi connectivity index (χ3v) is 7.84. The van der Waals surface area contributed by atoms with E-state index in [1.54, 1.807) is 0 Å². The van der Waals surface area contributed by atoms with Crippen molar-refractivity contribution < 1.29 is 9.90 Å². The average molecular weight is 514 g/mol. The highest BCUT2D eigenvalue weighted by atomic mass is 16.4. The quantitative estimate of drug-likeness (QED) is 0.287. The fourth-order valence-electron chi connectivity index (χ4n) is 5.38. The van der Waals surface area contributed by atoms with Crippen molar-refractivity contribution in [3.8, 4) is 22.5 Å². The Kier molecular flexibility index (Phi) is 7.91. The van der Waals surface area contributed by atoms with Crippen molar-refractivity contribution in [2.75, 3.05) is 0 Å². The van der Waals surface area contributed by atoms with Gasteiger partial charge in [-0.2, -0.15) is 5.10 Å². The zero-order chi connectivity index (χ0) is 26.5. The van der Waals surface area contributed by atoms with Crippen LogP contribution in [0.5, 0.6) is 0 Å². The molecule has 9 heteroatoms. The molecule has 0 aliphatic heterocycles. The monoisotopic (exact) mass is 513 g/mol.